The Labute approximate surface area is 166 Å². The molecule has 4 heterocycles. The molecule has 0 spiro atoms. The Bertz CT molecular complexity index is 1130. The van der Waals surface area contributed by atoms with Gasteiger partial charge in [0, 0.05) is 34.4 Å². The van der Waals surface area contributed by atoms with Crippen molar-refractivity contribution in [3.63, 3.8) is 0 Å². The molecule has 0 aliphatic carbocycles. The Kier molecular flexibility index (Phi) is 3.64. The summed E-state index contributed by atoms with van der Waals surface area (Å²) in [7, 11) is 0. The van der Waals surface area contributed by atoms with E-state index < -0.39 is 0 Å². The molecule has 0 bridgehead atoms. The monoisotopic (exact) mass is 392 g/mol. The van der Waals surface area contributed by atoms with Crippen molar-refractivity contribution in [2.75, 3.05) is 20.2 Å². The van der Waals surface area contributed by atoms with Crippen molar-refractivity contribution in [2.45, 2.75) is 18.8 Å². The van der Waals surface area contributed by atoms with E-state index in [9.17, 15) is 5.11 Å². The fourth-order valence-corrected chi connectivity index (χ4v) is 4.63. The quantitative estimate of drug-likeness (QED) is 0.566. The molecule has 0 radical (unpaired) electrons. The lowest BCUT2D eigenvalue weighted by molar-refractivity contribution is 0.0893. The van der Waals surface area contributed by atoms with Crippen LogP contribution in [0.5, 0.6) is 11.8 Å². The maximum atomic E-state index is 9.60. The molecule has 0 fully saturated rings. The van der Waals surface area contributed by atoms with Gasteiger partial charge in [-0.05, 0) is 25.0 Å². The zero-order valence-corrected chi connectivity index (χ0v) is 15.7. The average molecular weight is 392 g/mol. The van der Waals surface area contributed by atoms with Crippen LogP contribution in [0.4, 0.5) is 0 Å². The van der Waals surface area contributed by atoms with Crippen molar-refractivity contribution in [3.8, 4) is 11.8 Å². The van der Waals surface area contributed by atoms with E-state index in [-0.39, 0.29) is 26.1 Å². The first-order chi connectivity index (χ1) is 14.4. The largest absolute Gasteiger partial charge is 0.437 e. The molecule has 2 aromatic heterocycles. The fourth-order valence-electron chi connectivity index (χ4n) is 4.63. The summed E-state index contributed by atoms with van der Waals surface area (Å²) >= 11 is 0. The summed E-state index contributed by atoms with van der Waals surface area (Å²) in [6, 6.07) is 16.3. The summed E-state index contributed by atoms with van der Waals surface area (Å²) in [6.07, 6.45) is 1.40. The maximum Gasteiger partial charge on any atom is 0.255 e. The van der Waals surface area contributed by atoms with Crippen molar-refractivity contribution < 1.29 is 24.3 Å². The third-order valence-electron chi connectivity index (χ3n) is 5.76. The van der Waals surface area contributed by atoms with Crippen LogP contribution < -0.4 is 19.1 Å². The first-order valence-electron chi connectivity index (χ1n) is 9.78. The second-order valence-electron chi connectivity index (χ2n) is 7.26. The number of aliphatic hydroxyl groups is 1. The molecule has 2 aliphatic heterocycles. The van der Waals surface area contributed by atoms with Crippen LogP contribution in [-0.2, 0) is 0 Å². The smallest absolute Gasteiger partial charge is 0.255 e. The molecule has 7 nitrogen and oxygen atoms in total. The van der Waals surface area contributed by atoms with Crippen molar-refractivity contribution in [3.05, 3.63) is 59.7 Å². The molecule has 6 rings (SSSR count). The van der Waals surface area contributed by atoms with Gasteiger partial charge in [0.05, 0.1) is 11.0 Å². The number of aliphatic hydroxyl groups excluding tert-OH is 1. The molecule has 0 unspecified atom stereocenters. The minimum atomic E-state index is -0.0483. The average Bonchev–Trinajstić information content (AvgIpc) is 3.51. The van der Waals surface area contributed by atoms with Gasteiger partial charge in [-0.25, -0.2) is 0 Å². The van der Waals surface area contributed by atoms with Gasteiger partial charge in [-0.2, -0.15) is 0 Å². The maximum absolute atomic E-state index is 9.60. The van der Waals surface area contributed by atoms with Gasteiger partial charge < -0.3 is 24.3 Å². The second kappa shape index (κ2) is 6.35. The minimum Gasteiger partial charge on any atom is -0.437 e. The Morgan fingerprint density at radius 3 is 1.83 bits per heavy atom. The van der Waals surface area contributed by atoms with E-state index in [0.29, 0.717) is 6.42 Å². The van der Waals surface area contributed by atoms with Crippen LogP contribution in [0.2, 0.25) is 0 Å². The van der Waals surface area contributed by atoms with E-state index in [0.717, 1.165) is 51.1 Å². The fraction of sp³-hybridized carbons (Fsp3) is 0.273. The Morgan fingerprint density at radius 1 is 0.793 bits per heavy atom. The number of aromatic nitrogens is 2. The van der Waals surface area contributed by atoms with E-state index in [1.165, 1.54) is 0 Å². The topological polar surface area (TPSA) is 67.0 Å². The lowest BCUT2D eigenvalue weighted by atomic mass is 9.86. The highest BCUT2D eigenvalue weighted by atomic mass is 16.8. The van der Waals surface area contributed by atoms with Crippen molar-refractivity contribution in [1.29, 1.82) is 0 Å². The third-order valence-corrected chi connectivity index (χ3v) is 5.76. The molecule has 148 valence electrons. The van der Waals surface area contributed by atoms with E-state index >= 15 is 0 Å². The summed E-state index contributed by atoms with van der Waals surface area (Å²) in [5.74, 6) is 1.39. The SMILES string of the molecule is OCCCC(c1c2n(c3ccccc13)OCO2)c1c2n(c3ccccc13)OCO2. The van der Waals surface area contributed by atoms with Crippen LogP contribution in [0.15, 0.2) is 48.5 Å². The third kappa shape index (κ3) is 2.28. The van der Waals surface area contributed by atoms with Crippen LogP contribution >= 0.6 is 0 Å². The summed E-state index contributed by atoms with van der Waals surface area (Å²) in [4.78, 5) is 11.5. The zero-order valence-electron chi connectivity index (χ0n) is 15.7. The molecule has 2 aliphatic rings. The van der Waals surface area contributed by atoms with E-state index in [2.05, 4.69) is 12.1 Å². The first kappa shape index (κ1) is 16.6. The Morgan fingerprint density at radius 2 is 1.31 bits per heavy atom. The number of ether oxygens (including phenoxy) is 2. The molecule has 1 N–H and O–H groups in total. The van der Waals surface area contributed by atoms with E-state index in [4.69, 9.17) is 19.1 Å². The van der Waals surface area contributed by atoms with Crippen LogP contribution in [0, 0.1) is 0 Å². The van der Waals surface area contributed by atoms with Gasteiger partial charge in [0.1, 0.15) is 0 Å². The van der Waals surface area contributed by atoms with Gasteiger partial charge in [-0.15, -0.1) is 9.46 Å². The standard InChI is InChI=1S/C22H20N2O5/c25-11-5-8-16(19-14-6-1-3-9-17(14)23-21(19)26-12-28-23)20-15-7-2-4-10-18(15)24-22(20)27-13-29-24/h1-4,6-7,9-10,16,25H,5,8,11-13H2. The second-order valence-corrected chi connectivity index (χ2v) is 7.26. The van der Waals surface area contributed by atoms with Crippen LogP contribution in [0.25, 0.3) is 21.8 Å². The highest BCUT2D eigenvalue weighted by molar-refractivity contribution is 5.92. The van der Waals surface area contributed by atoms with E-state index in [1.54, 1.807) is 9.46 Å². The molecule has 0 amide bonds. The van der Waals surface area contributed by atoms with Crippen LogP contribution in [0.3, 0.4) is 0 Å². The molecular formula is C22H20N2O5. The summed E-state index contributed by atoms with van der Waals surface area (Å²) < 4.78 is 15.3. The van der Waals surface area contributed by atoms with Gasteiger partial charge in [0.2, 0.25) is 11.8 Å². The summed E-state index contributed by atoms with van der Waals surface area (Å²) in [5, 5.41) is 11.8. The Hall–Kier alpha value is -3.32. The van der Waals surface area contributed by atoms with Gasteiger partial charge in [0.15, 0.2) is 0 Å². The van der Waals surface area contributed by atoms with Crippen molar-refractivity contribution in [1.82, 2.24) is 9.46 Å². The molecule has 0 atom stereocenters. The lowest BCUT2D eigenvalue weighted by Crippen LogP contribution is -2.06. The van der Waals surface area contributed by atoms with Crippen molar-refractivity contribution in [2.24, 2.45) is 0 Å². The van der Waals surface area contributed by atoms with Gasteiger partial charge in [-0.1, -0.05) is 36.4 Å². The predicted molar refractivity (Wildman–Crippen MR) is 106 cm³/mol. The normalized spacial score (nSPS) is 14.6. The number of benzene rings is 2. The van der Waals surface area contributed by atoms with Crippen LogP contribution in [-0.4, -0.2) is 34.8 Å². The number of para-hydroxylation sites is 2. The molecule has 7 heteroatoms. The Balaban J connectivity index is 1.65. The molecule has 2 aromatic carbocycles. The zero-order chi connectivity index (χ0) is 19.4. The molecule has 0 saturated heterocycles. The van der Waals surface area contributed by atoms with Gasteiger partial charge in [0.25, 0.3) is 13.6 Å². The van der Waals surface area contributed by atoms with Crippen LogP contribution in [0.1, 0.15) is 29.9 Å². The van der Waals surface area contributed by atoms with Gasteiger partial charge >= 0.3 is 0 Å². The number of nitrogens with zero attached hydrogens (tertiary/aromatic N) is 2. The van der Waals surface area contributed by atoms with E-state index in [1.807, 2.05) is 36.4 Å². The first-order valence-corrected chi connectivity index (χ1v) is 9.78. The molecule has 4 aromatic rings. The molecule has 0 saturated carbocycles. The van der Waals surface area contributed by atoms with Gasteiger partial charge in [-0.3, -0.25) is 0 Å². The number of hydrogen-bond donors (Lipinski definition) is 1. The lowest BCUT2D eigenvalue weighted by Gasteiger charge is -2.18. The van der Waals surface area contributed by atoms with Crippen molar-refractivity contribution >= 4 is 21.8 Å². The number of rotatable bonds is 5. The highest BCUT2D eigenvalue weighted by Gasteiger charge is 2.36. The molecular weight excluding hydrogens is 372 g/mol. The molecule has 29 heavy (non-hydrogen) atoms. The summed E-state index contributed by atoms with van der Waals surface area (Å²) in [6.45, 7) is 0.495. The minimum absolute atomic E-state index is 0.0483. The summed E-state index contributed by atoms with van der Waals surface area (Å²) in [5.41, 5.74) is 4.06. The highest BCUT2D eigenvalue weighted by Crippen LogP contribution is 2.49. The number of hydrogen-bond acceptors (Lipinski definition) is 5. The number of fused-ring (bicyclic) bond motifs is 6. The predicted octanol–water partition coefficient (Wildman–Crippen LogP) is 3.06.